The van der Waals surface area contributed by atoms with E-state index in [0.717, 1.165) is 12.1 Å². The summed E-state index contributed by atoms with van der Waals surface area (Å²) in [5.41, 5.74) is 5.20. The Balaban J connectivity index is 1.97. The highest BCUT2D eigenvalue weighted by Crippen LogP contribution is 2.33. The Morgan fingerprint density at radius 3 is 2.67 bits per heavy atom. The topological polar surface area (TPSA) is 115 Å². The maximum Gasteiger partial charge on any atom is 0.416 e. The number of nitrogens with zero attached hydrogens (tertiary/aromatic N) is 3. The van der Waals surface area contributed by atoms with Gasteiger partial charge in [-0.15, -0.1) is 0 Å². The molecule has 0 amide bonds. The molecule has 2 heterocycles. The van der Waals surface area contributed by atoms with Gasteiger partial charge in [0.1, 0.15) is 29.2 Å². The molecule has 3 aromatic rings. The Morgan fingerprint density at radius 2 is 2.00 bits per heavy atom. The second-order valence-corrected chi connectivity index (χ2v) is 5.42. The zero-order valence-electron chi connectivity index (χ0n) is 13.5. The van der Waals surface area contributed by atoms with Crippen molar-refractivity contribution in [3.63, 3.8) is 0 Å². The lowest BCUT2D eigenvalue weighted by Crippen LogP contribution is -2.04. The van der Waals surface area contributed by atoms with Crippen LogP contribution in [0.15, 0.2) is 40.8 Å². The summed E-state index contributed by atoms with van der Waals surface area (Å²) in [6.07, 6.45) is -3.13. The number of anilines is 1. The highest BCUT2D eigenvalue weighted by atomic mass is 19.4. The molecule has 0 bridgehead atoms. The van der Waals surface area contributed by atoms with E-state index in [9.17, 15) is 18.4 Å². The van der Waals surface area contributed by atoms with Gasteiger partial charge in [0.05, 0.1) is 16.8 Å². The molecule has 0 radical (unpaired) electrons. The number of nitrogens with two attached hydrogens (primary N) is 1. The van der Waals surface area contributed by atoms with E-state index >= 15 is 0 Å². The van der Waals surface area contributed by atoms with E-state index in [0.29, 0.717) is 0 Å². The number of halogens is 3. The van der Waals surface area contributed by atoms with Crippen molar-refractivity contribution in [3.05, 3.63) is 59.0 Å². The average Bonchev–Trinajstić information content (AvgIpc) is 3.25. The van der Waals surface area contributed by atoms with E-state index in [1.165, 1.54) is 30.3 Å². The number of H-pyrrole nitrogens is 1. The predicted molar refractivity (Wildman–Crippen MR) is 90.3 cm³/mol. The number of benzene rings is 1. The van der Waals surface area contributed by atoms with Crippen molar-refractivity contribution in [1.29, 1.82) is 10.5 Å². The highest BCUT2D eigenvalue weighted by molar-refractivity contribution is 5.90. The van der Waals surface area contributed by atoms with Crippen LogP contribution in [0.2, 0.25) is 0 Å². The molecule has 1 aromatic carbocycles. The Bertz CT molecular complexity index is 1110. The van der Waals surface area contributed by atoms with Crippen molar-refractivity contribution in [2.24, 2.45) is 0 Å². The maximum atomic E-state index is 12.8. The molecule has 0 saturated carbocycles. The Kier molecular flexibility index (Phi) is 4.44. The number of furan rings is 1. The summed E-state index contributed by atoms with van der Waals surface area (Å²) in [6, 6.07) is 11.4. The van der Waals surface area contributed by atoms with Crippen molar-refractivity contribution in [2.45, 2.75) is 6.18 Å². The van der Waals surface area contributed by atoms with Gasteiger partial charge < -0.3 is 10.2 Å². The van der Waals surface area contributed by atoms with Crippen molar-refractivity contribution in [3.8, 4) is 23.5 Å². The number of aromatic amines is 1. The lowest BCUT2D eigenvalue weighted by atomic mass is 10.1. The number of rotatable bonds is 3. The molecule has 0 aliphatic carbocycles. The van der Waals surface area contributed by atoms with Gasteiger partial charge in [0, 0.05) is 11.6 Å². The lowest BCUT2D eigenvalue weighted by Gasteiger charge is -2.07. The molecule has 3 N–H and O–H groups in total. The second kappa shape index (κ2) is 6.73. The minimum absolute atomic E-state index is 0.0208. The van der Waals surface area contributed by atoms with Crippen LogP contribution in [0.5, 0.6) is 0 Å². The highest BCUT2D eigenvalue weighted by Gasteiger charge is 2.30. The number of alkyl halides is 3. The predicted octanol–water partition coefficient (Wildman–Crippen LogP) is 4.21. The zero-order valence-corrected chi connectivity index (χ0v) is 13.5. The number of nitriles is 2. The van der Waals surface area contributed by atoms with Gasteiger partial charge in [0.2, 0.25) is 0 Å². The number of hydrogen-bond acceptors (Lipinski definition) is 5. The smallest absolute Gasteiger partial charge is 0.416 e. The molecule has 3 rings (SSSR count). The number of nitrogens with one attached hydrogen (secondary N) is 1. The molecule has 0 atom stereocenters. The van der Waals surface area contributed by atoms with E-state index < -0.39 is 11.7 Å². The van der Waals surface area contributed by atoms with Gasteiger partial charge >= 0.3 is 6.18 Å². The molecule has 9 heteroatoms. The zero-order chi connectivity index (χ0) is 19.6. The van der Waals surface area contributed by atoms with Crippen LogP contribution in [0.25, 0.3) is 23.0 Å². The summed E-state index contributed by atoms with van der Waals surface area (Å²) >= 11 is 0. The fraction of sp³-hybridized carbons (Fsp3) is 0.0556. The summed E-state index contributed by atoms with van der Waals surface area (Å²) in [5, 5.41) is 24.6. The van der Waals surface area contributed by atoms with Crippen LogP contribution >= 0.6 is 0 Å². The molecule has 0 fully saturated rings. The first-order valence-electron chi connectivity index (χ1n) is 7.47. The standard InChI is InChI=1S/C18H10F3N5O/c19-18(20,21)12-3-1-2-10(6-12)15-5-4-13(27-15)7-11(8-22)16-14(9-23)17(24)26-25-16/h1-7H,(H3,24,25,26)/b11-7+. The molecule has 2 aromatic heterocycles. The van der Waals surface area contributed by atoms with Gasteiger partial charge in [-0.25, -0.2) is 0 Å². The van der Waals surface area contributed by atoms with Crippen LogP contribution in [0.4, 0.5) is 19.0 Å². The first-order chi connectivity index (χ1) is 12.8. The largest absolute Gasteiger partial charge is 0.457 e. The lowest BCUT2D eigenvalue weighted by molar-refractivity contribution is -0.137. The first kappa shape index (κ1) is 17.8. The van der Waals surface area contributed by atoms with Gasteiger partial charge in [-0.1, -0.05) is 12.1 Å². The minimum Gasteiger partial charge on any atom is -0.457 e. The number of hydrogen-bond donors (Lipinski definition) is 2. The summed E-state index contributed by atoms with van der Waals surface area (Å²) in [6.45, 7) is 0. The Labute approximate surface area is 150 Å². The van der Waals surface area contributed by atoms with Gasteiger partial charge in [-0.3, -0.25) is 5.10 Å². The van der Waals surface area contributed by atoms with E-state index in [4.69, 9.17) is 15.4 Å². The summed E-state index contributed by atoms with van der Waals surface area (Å²) in [4.78, 5) is 0. The third kappa shape index (κ3) is 3.53. The van der Waals surface area contributed by atoms with E-state index in [-0.39, 0.29) is 39.7 Å². The third-order valence-corrected chi connectivity index (χ3v) is 3.68. The summed E-state index contributed by atoms with van der Waals surface area (Å²) in [5.74, 6) is 0.378. The van der Waals surface area contributed by atoms with Gasteiger partial charge in [-0.2, -0.15) is 28.8 Å². The third-order valence-electron chi connectivity index (χ3n) is 3.68. The molecule has 27 heavy (non-hydrogen) atoms. The molecule has 0 saturated heterocycles. The van der Waals surface area contributed by atoms with E-state index in [1.807, 2.05) is 12.1 Å². The fourth-order valence-electron chi connectivity index (χ4n) is 2.40. The van der Waals surface area contributed by atoms with Gasteiger partial charge in [0.25, 0.3) is 0 Å². The number of aromatic nitrogens is 2. The molecule has 0 spiro atoms. The fourth-order valence-corrected chi connectivity index (χ4v) is 2.40. The molecule has 6 nitrogen and oxygen atoms in total. The van der Waals surface area contributed by atoms with Crippen LogP contribution in [0.1, 0.15) is 22.6 Å². The average molecular weight is 369 g/mol. The van der Waals surface area contributed by atoms with Crippen molar-refractivity contribution in [1.82, 2.24) is 10.2 Å². The maximum absolute atomic E-state index is 12.8. The molecule has 0 unspecified atom stereocenters. The first-order valence-corrected chi connectivity index (χ1v) is 7.47. The molecular weight excluding hydrogens is 359 g/mol. The van der Waals surface area contributed by atoms with Crippen molar-refractivity contribution in [2.75, 3.05) is 5.73 Å². The molecule has 0 aliphatic rings. The van der Waals surface area contributed by atoms with Gasteiger partial charge in [-0.05, 0) is 24.3 Å². The van der Waals surface area contributed by atoms with Gasteiger partial charge in [0.15, 0.2) is 5.82 Å². The summed E-state index contributed by atoms with van der Waals surface area (Å²) < 4.78 is 44.1. The quantitative estimate of drug-likeness (QED) is 0.671. The van der Waals surface area contributed by atoms with Crippen LogP contribution in [0, 0.1) is 22.7 Å². The monoisotopic (exact) mass is 369 g/mol. The van der Waals surface area contributed by atoms with Crippen molar-refractivity contribution < 1.29 is 17.6 Å². The Hall–Kier alpha value is -3.98. The molecular formula is C18H10F3N5O. The molecule has 134 valence electrons. The van der Waals surface area contributed by atoms with Crippen LogP contribution in [-0.2, 0) is 6.18 Å². The second-order valence-electron chi connectivity index (χ2n) is 5.42. The molecule has 0 aliphatic heterocycles. The number of allylic oxidation sites excluding steroid dienone is 1. The van der Waals surface area contributed by atoms with Crippen molar-refractivity contribution >= 4 is 17.5 Å². The Morgan fingerprint density at radius 1 is 1.22 bits per heavy atom. The summed E-state index contributed by atoms with van der Waals surface area (Å²) in [7, 11) is 0. The normalized spacial score (nSPS) is 11.8. The van der Waals surface area contributed by atoms with Crippen LogP contribution < -0.4 is 5.73 Å². The van der Waals surface area contributed by atoms with E-state index in [2.05, 4.69) is 10.2 Å². The number of nitrogen functional groups attached to an aromatic ring is 1. The SMILES string of the molecule is N#C/C(=C\c1ccc(-c2cccc(C(F)(F)F)c2)o1)c1[nH]nc(N)c1C#N. The van der Waals surface area contributed by atoms with E-state index in [1.54, 1.807) is 0 Å². The van der Waals surface area contributed by atoms with Crippen LogP contribution in [-0.4, -0.2) is 10.2 Å². The van der Waals surface area contributed by atoms with Crippen LogP contribution in [0.3, 0.4) is 0 Å². The minimum atomic E-state index is -4.46.